The Hall–Kier alpha value is -2.18. The lowest BCUT2D eigenvalue weighted by atomic mass is 10.1. The van der Waals surface area contributed by atoms with Crippen LogP contribution >= 0.6 is 11.3 Å². The number of anilines is 2. The summed E-state index contributed by atoms with van der Waals surface area (Å²) in [6, 6.07) is 12.4. The van der Waals surface area contributed by atoms with Gasteiger partial charge in [-0.1, -0.05) is 30.3 Å². The molecule has 3 aromatic rings. The molecular formula is C14H15N5S. The second-order valence-corrected chi connectivity index (χ2v) is 5.35. The second-order valence-electron chi connectivity index (χ2n) is 4.46. The molecule has 0 fully saturated rings. The summed E-state index contributed by atoms with van der Waals surface area (Å²) in [6.45, 7) is 2.10. The van der Waals surface area contributed by atoms with Gasteiger partial charge in [0.15, 0.2) is 0 Å². The summed E-state index contributed by atoms with van der Waals surface area (Å²) in [6.07, 6.45) is 0. The molecular weight excluding hydrogens is 270 g/mol. The Balaban J connectivity index is 1.95. The molecule has 0 saturated carbocycles. The molecule has 0 bridgehead atoms. The highest BCUT2D eigenvalue weighted by atomic mass is 32.1. The van der Waals surface area contributed by atoms with Gasteiger partial charge < -0.3 is 5.32 Å². The number of hydrazine groups is 1. The summed E-state index contributed by atoms with van der Waals surface area (Å²) in [4.78, 5) is 9.64. The van der Waals surface area contributed by atoms with E-state index in [1.807, 2.05) is 29.6 Å². The molecule has 1 unspecified atom stereocenters. The minimum absolute atomic E-state index is 0.153. The Morgan fingerprint density at radius 1 is 1.15 bits per heavy atom. The van der Waals surface area contributed by atoms with Crippen LogP contribution in [0, 0.1) is 0 Å². The molecule has 0 aliphatic heterocycles. The first-order valence-electron chi connectivity index (χ1n) is 6.31. The maximum absolute atomic E-state index is 5.42. The first kappa shape index (κ1) is 12.8. The number of rotatable bonds is 4. The second kappa shape index (κ2) is 5.44. The van der Waals surface area contributed by atoms with Gasteiger partial charge in [-0.3, -0.25) is 5.43 Å². The molecule has 0 spiro atoms. The summed E-state index contributed by atoms with van der Waals surface area (Å²) >= 11 is 1.57. The molecule has 1 aromatic carbocycles. The lowest BCUT2D eigenvalue weighted by Gasteiger charge is -2.16. The molecule has 5 nitrogen and oxygen atoms in total. The number of thiophene rings is 1. The van der Waals surface area contributed by atoms with Crippen LogP contribution < -0.4 is 16.6 Å². The molecule has 102 valence electrons. The largest absolute Gasteiger partial charge is 0.363 e. The Morgan fingerprint density at radius 2 is 1.95 bits per heavy atom. The molecule has 4 N–H and O–H groups in total. The minimum atomic E-state index is 0.153. The minimum Gasteiger partial charge on any atom is -0.363 e. The predicted octanol–water partition coefficient (Wildman–Crippen LogP) is 3.15. The standard InChI is InChI=1S/C14H15N5S/c1-9(10-5-3-2-4-6-10)16-12-11-7-8-20-13(11)18-14(17-12)19-15/h2-9H,15H2,1H3,(H2,16,17,18,19). The van der Waals surface area contributed by atoms with Gasteiger partial charge in [-0.25, -0.2) is 10.8 Å². The number of nitrogens with one attached hydrogen (secondary N) is 2. The molecule has 3 rings (SSSR count). The van der Waals surface area contributed by atoms with Crippen LogP contribution in [0.1, 0.15) is 18.5 Å². The molecule has 20 heavy (non-hydrogen) atoms. The summed E-state index contributed by atoms with van der Waals surface area (Å²) < 4.78 is 0. The number of fused-ring (bicyclic) bond motifs is 1. The highest BCUT2D eigenvalue weighted by molar-refractivity contribution is 7.16. The summed E-state index contributed by atoms with van der Waals surface area (Å²) in [5.41, 5.74) is 3.71. The SMILES string of the molecule is CC(Nc1nc(NN)nc2sccc12)c1ccccc1. The van der Waals surface area contributed by atoms with Crippen molar-refractivity contribution in [2.75, 3.05) is 10.7 Å². The van der Waals surface area contributed by atoms with E-state index >= 15 is 0 Å². The molecule has 6 heteroatoms. The van der Waals surface area contributed by atoms with E-state index in [0.717, 1.165) is 16.0 Å². The lowest BCUT2D eigenvalue weighted by molar-refractivity contribution is 0.876. The maximum Gasteiger partial charge on any atom is 0.240 e. The number of benzene rings is 1. The van der Waals surface area contributed by atoms with Crippen molar-refractivity contribution in [3.8, 4) is 0 Å². The van der Waals surface area contributed by atoms with Gasteiger partial charge in [0.1, 0.15) is 10.6 Å². The van der Waals surface area contributed by atoms with Crippen molar-refractivity contribution in [2.24, 2.45) is 5.84 Å². The van der Waals surface area contributed by atoms with Crippen LogP contribution in [0.2, 0.25) is 0 Å². The Bertz CT molecular complexity index is 710. The Labute approximate surface area is 120 Å². The van der Waals surface area contributed by atoms with Gasteiger partial charge in [0.2, 0.25) is 5.95 Å². The van der Waals surface area contributed by atoms with Gasteiger partial charge >= 0.3 is 0 Å². The third-order valence-corrected chi connectivity index (χ3v) is 3.91. The molecule has 0 aliphatic carbocycles. The van der Waals surface area contributed by atoms with E-state index in [1.54, 1.807) is 11.3 Å². The van der Waals surface area contributed by atoms with Crippen molar-refractivity contribution >= 4 is 33.3 Å². The average Bonchev–Trinajstić information content (AvgIpc) is 2.96. The van der Waals surface area contributed by atoms with Crippen LogP contribution in [0.5, 0.6) is 0 Å². The summed E-state index contributed by atoms with van der Waals surface area (Å²) in [5.74, 6) is 6.63. The predicted molar refractivity (Wildman–Crippen MR) is 83.7 cm³/mol. The first-order chi connectivity index (χ1) is 9.78. The van der Waals surface area contributed by atoms with E-state index in [9.17, 15) is 0 Å². The zero-order chi connectivity index (χ0) is 13.9. The van der Waals surface area contributed by atoms with Crippen LogP contribution in [0.3, 0.4) is 0 Å². The first-order valence-corrected chi connectivity index (χ1v) is 7.19. The van der Waals surface area contributed by atoms with Crippen molar-refractivity contribution < 1.29 is 0 Å². The fourth-order valence-corrected chi connectivity index (χ4v) is 2.82. The lowest BCUT2D eigenvalue weighted by Crippen LogP contribution is -2.13. The zero-order valence-electron chi connectivity index (χ0n) is 11.0. The van der Waals surface area contributed by atoms with E-state index in [0.29, 0.717) is 5.95 Å². The van der Waals surface area contributed by atoms with Crippen molar-refractivity contribution in [2.45, 2.75) is 13.0 Å². The third kappa shape index (κ3) is 2.43. The highest BCUT2D eigenvalue weighted by Crippen LogP contribution is 2.28. The Morgan fingerprint density at radius 3 is 2.70 bits per heavy atom. The average molecular weight is 285 g/mol. The molecule has 2 aromatic heterocycles. The van der Waals surface area contributed by atoms with Crippen LogP contribution in [-0.4, -0.2) is 9.97 Å². The smallest absolute Gasteiger partial charge is 0.240 e. The summed E-state index contributed by atoms with van der Waals surface area (Å²) in [5, 5.41) is 6.43. The fourth-order valence-electron chi connectivity index (χ4n) is 2.06. The monoisotopic (exact) mass is 285 g/mol. The van der Waals surface area contributed by atoms with E-state index in [-0.39, 0.29) is 6.04 Å². The number of nitrogen functional groups attached to an aromatic ring is 1. The van der Waals surface area contributed by atoms with Gasteiger partial charge in [0.05, 0.1) is 5.39 Å². The highest BCUT2D eigenvalue weighted by Gasteiger charge is 2.11. The molecule has 0 amide bonds. The molecule has 0 saturated heterocycles. The van der Waals surface area contributed by atoms with Crippen LogP contribution in [-0.2, 0) is 0 Å². The molecule has 0 aliphatic rings. The summed E-state index contributed by atoms with van der Waals surface area (Å²) in [7, 11) is 0. The number of hydrogen-bond donors (Lipinski definition) is 3. The van der Waals surface area contributed by atoms with Gasteiger partial charge in [0.25, 0.3) is 0 Å². The van der Waals surface area contributed by atoms with Crippen LogP contribution in [0.15, 0.2) is 41.8 Å². The van der Waals surface area contributed by atoms with Crippen LogP contribution in [0.25, 0.3) is 10.2 Å². The maximum atomic E-state index is 5.42. The van der Waals surface area contributed by atoms with Crippen molar-refractivity contribution in [3.05, 3.63) is 47.3 Å². The van der Waals surface area contributed by atoms with E-state index in [1.165, 1.54) is 5.56 Å². The normalized spacial score (nSPS) is 12.3. The number of hydrogen-bond acceptors (Lipinski definition) is 6. The number of nitrogens with zero attached hydrogens (tertiary/aromatic N) is 2. The number of nitrogens with two attached hydrogens (primary N) is 1. The molecule has 1 atom stereocenters. The van der Waals surface area contributed by atoms with Gasteiger partial charge in [-0.2, -0.15) is 4.98 Å². The van der Waals surface area contributed by atoms with E-state index in [4.69, 9.17) is 5.84 Å². The quantitative estimate of drug-likeness (QED) is 0.507. The Kier molecular flexibility index (Phi) is 3.49. The zero-order valence-corrected chi connectivity index (χ0v) is 11.8. The number of aromatic nitrogens is 2. The topological polar surface area (TPSA) is 75.9 Å². The molecule has 2 heterocycles. The van der Waals surface area contributed by atoms with E-state index < -0.39 is 0 Å². The van der Waals surface area contributed by atoms with Crippen molar-refractivity contribution in [1.82, 2.24) is 9.97 Å². The van der Waals surface area contributed by atoms with E-state index in [2.05, 4.69) is 39.8 Å². The van der Waals surface area contributed by atoms with Gasteiger partial charge in [0, 0.05) is 6.04 Å². The van der Waals surface area contributed by atoms with Crippen molar-refractivity contribution in [3.63, 3.8) is 0 Å². The van der Waals surface area contributed by atoms with Gasteiger partial charge in [-0.05, 0) is 23.9 Å². The molecule has 0 radical (unpaired) electrons. The van der Waals surface area contributed by atoms with Crippen molar-refractivity contribution in [1.29, 1.82) is 0 Å². The fraction of sp³-hybridized carbons (Fsp3) is 0.143. The van der Waals surface area contributed by atoms with Gasteiger partial charge in [-0.15, -0.1) is 11.3 Å². The van der Waals surface area contributed by atoms with Crippen LogP contribution in [0.4, 0.5) is 11.8 Å². The third-order valence-electron chi connectivity index (χ3n) is 3.11.